The van der Waals surface area contributed by atoms with Crippen molar-refractivity contribution in [2.75, 3.05) is 25.9 Å². The molecule has 1 fully saturated rings. The number of halogens is 1. The minimum absolute atomic E-state index is 0. The summed E-state index contributed by atoms with van der Waals surface area (Å²) in [4.78, 5) is 22.4. The van der Waals surface area contributed by atoms with Crippen LogP contribution in [-0.4, -0.2) is 45.1 Å². The standard InChI is InChI=1S/C15H21N3O5S.ClH/c1-15(3-5-16-6-4-15)10-17-14(19)11-7-12(18(20)21)9-13(8-11)24(2,22)23;/h7-9,16H,3-6,10H2,1-2H3,(H,17,19);1H. The lowest BCUT2D eigenvalue weighted by atomic mass is 9.81. The Morgan fingerprint density at radius 2 is 1.92 bits per heavy atom. The highest BCUT2D eigenvalue weighted by molar-refractivity contribution is 7.90. The van der Waals surface area contributed by atoms with Gasteiger partial charge in [-0.1, -0.05) is 6.92 Å². The van der Waals surface area contributed by atoms with Crippen molar-refractivity contribution in [3.8, 4) is 0 Å². The van der Waals surface area contributed by atoms with Crippen LogP contribution in [0, 0.1) is 15.5 Å². The molecule has 1 aromatic carbocycles. The summed E-state index contributed by atoms with van der Waals surface area (Å²) < 4.78 is 23.4. The Hall–Kier alpha value is -1.71. The van der Waals surface area contributed by atoms with Gasteiger partial charge in [0.2, 0.25) is 0 Å². The Bertz CT molecular complexity index is 760. The van der Waals surface area contributed by atoms with Crippen LogP contribution in [0.1, 0.15) is 30.1 Å². The molecule has 0 aromatic heterocycles. The quantitative estimate of drug-likeness (QED) is 0.580. The first-order chi connectivity index (χ1) is 11.1. The Morgan fingerprint density at radius 1 is 1.32 bits per heavy atom. The number of carbonyl (C=O) groups is 1. The minimum Gasteiger partial charge on any atom is -0.351 e. The van der Waals surface area contributed by atoms with Crippen LogP contribution in [0.25, 0.3) is 0 Å². The van der Waals surface area contributed by atoms with Gasteiger partial charge in [-0.15, -0.1) is 12.4 Å². The maximum Gasteiger partial charge on any atom is 0.271 e. The molecule has 1 aliphatic rings. The normalized spacial score (nSPS) is 16.6. The molecule has 1 amide bonds. The maximum atomic E-state index is 12.3. The SMILES string of the molecule is CC1(CNC(=O)c2cc([N+](=O)[O-])cc(S(C)(=O)=O)c2)CCNCC1.Cl. The van der Waals surface area contributed by atoms with E-state index in [1.165, 1.54) is 6.07 Å². The van der Waals surface area contributed by atoms with E-state index in [4.69, 9.17) is 0 Å². The summed E-state index contributed by atoms with van der Waals surface area (Å²) in [5.41, 5.74) is -0.486. The molecule has 0 aliphatic carbocycles. The van der Waals surface area contributed by atoms with Crippen LogP contribution in [0.15, 0.2) is 23.1 Å². The van der Waals surface area contributed by atoms with Crippen LogP contribution < -0.4 is 10.6 Å². The highest BCUT2D eigenvalue weighted by Gasteiger charge is 2.27. The molecule has 0 radical (unpaired) electrons. The fourth-order valence-corrected chi connectivity index (χ4v) is 3.31. The fraction of sp³-hybridized carbons (Fsp3) is 0.533. The average Bonchev–Trinajstić information content (AvgIpc) is 2.52. The van der Waals surface area contributed by atoms with Crippen LogP contribution in [0.2, 0.25) is 0 Å². The number of nitrogens with one attached hydrogen (secondary N) is 2. The van der Waals surface area contributed by atoms with Crippen LogP contribution in [-0.2, 0) is 9.84 Å². The molecule has 0 spiro atoms. The van der Waals surface area contributed by atoms with Gasteiger partial charge in [0.1, 0.15) is 0 Å². The monoisotopic (exact) mass is 391 g/mol. The number of hydrogen-bond donors (Lipinski definition) is 2. The van der Waals surface area contributed by atoms with E-state index in [-0.39, 0.29) is 28.3 Å². The minimum atomic E-state index is -3.66. The molecule has 25 heavy (non-hydrogen) atoms. The summed E-state index contributed by atoms with van der Waals surface area (Å²) in [5.74, 6) is -0.511. The van der Waals surface area contributed by atoms with Gasteiger partial charge in [-0.3, -0.25) is 14.9 Å². The molecule has 1 aromatic rings. The highest BCUT2D eigenvalue weighted by Crippen LogP contribution is 2.27. The van der Waals surface area contributed by atoms with Gasteiger partial charge in [0, 0.05) is 30.5 Å². The number of non-ortho nitro benzene ring substituents is 1. The maximum absolute atomic E-state index is 12.3. The second-order valence-electron chi connectivity index (χ2n) is 6.49. The number of rotatable bonds is 5. The molecule has 1 heterocycles. The first kappa shape index (κ1) is 21.3. The Kier molecular flexibility index (Phi) is 6.92. The van der Waals surface area contributed by atoms with Crippen molar-refractivity contribution in [1.29, 1.82) is 0 Å². The predicted molar refractivity (Wildman–Crippen MR) is 96.0 cm³/mol. The molecular weight excluding hydrogens is 370 g/mol. The third-order valence-electron chi connectivity index (χ3n) is 4.28. The lowest BCUT2D eigenvalue weighted by Gasteiger charge is -2.34. The fourth-order valence-electron chi connectivity index (χ4n) is 2.64. The molecule has 1 saturated heterocycles. The number of benzene rings is 1. The number of sulfone groups is 1. The zero-order valence-electron chi connectivity index (χ0n) is 14.1. The highest BCUT2D eigenvalue weighted by atomic mass is 35.5. The summed E-state index contributed by atoms with van der Waals surface area (Å²) in [7, 11) is -3.66. The zero-order chi connectivity index (χ0) is 18.0. The van der Waals surface area contributed by atoms with Gasteiger partial charge in [-0.25, -0.2) is 8.42 Å². The van der Waals surface area contributed by atoms with Gasteiger partial charge in [0.05, 0.1) is 9.82 Å². The van der Waals surface area contributed by atoms with Crippen LogP contribution in [0.5, 0.6) is 0 Å². The molecule has 0 saturated carbocycles. The lowest BCUT2D eigenvalue weighted by molar-refractivity contribution is -0.385. The molecule has 2 rings (SSSR count). The van der Waals surface area contributed by atoms with Crippen molar-refractivity contribution < 1.29 is 18.1 Å². The topological polar surface area (TPSA) is 118 Å². The van der Waals surface area contributed by atoms with Crippen molar-refractivity contribution in [3.05, 3.63) is 33.9 Å². The number of piperidine rings is 1. The van der Waals surface area contributed by atoms with E-state index in [1.807, 2.05) is 0 Å². The van der Waals surface area contributed by atoms with E-state index < -0.39 is 26.4 Å². The number of nitrogens with zero attached hydrogens (tertiary/aromatic N) is 1. The smallest absolute Gasteiger partial charge is 0.271 e. The number of amides is 1. The molecule has 0 unspecified atom stereocenters. The summed E-state index contributed by atoms with van der Waals surface area (Å²) in [5, 5.41) is 17.0. The van der Waals surface area contributed by atoms with Crippen LogP contribution in [0.3, 0.4) is 0 Å². The Morgan fingerprint density at radius 3 is 2.44 bits per heavy atom. The number of nitro groups is 1. The van der Waals surface area contributed by atoms with E-state index in [0.29, 0.717) is 6.54 Å². The van der Waals surface area contributed by atoms with Gasteiger partial charge in [0.15, 0.2) is 9.84 Å². The average molecular weight is 392 g/mol. The molecular formula is C15H22ClN3O5S. The number of nitro benzene ring substituents is 1. The van der Waals surface area contributed by atoms with E-state index >= 15 is 0 Å². The molecule has 0 atom stereocenters. The summed E-state index contributed by atoms with van der Waals surface area (Å²) in [6.45, 7) is 4.26. The van der Waals surface area contributed by atoms with Gasteiger partial charge in [0.25, 0.3) is 11.6 Å². The first-order valence-electron chi connectivity index (χ1n) is 7.59. The Labute approximate surface area is 152 Å². The van der Waals surface area contributed by atoms with Gasteiger partial charge in [-0.05, 0) is 37.4 Å². The lowest BCUT2D eigenvalue weighted by Crippen LogP contribution is -2.42. The van der Waals surface area contributed by atoms with Gasteiger partial charge < -0.3 is 10.6 Å². The molecule has 8 nitrogen and oxygen atoms in total. The van der Waals surface area contributed by atoms with E-state index in [9.17, 15) is 23.3 Å². The second-order valence-corrected chi connectivity index (χ2v) is 8.50. The zero-order valence-corrected chi connectivity index (χ0v) is 15.7. The molecule has 2 N–H and O–H groups in total. The van der Waals surface area contributed by atoms with Crippen molar-refractivity contribution in [3.63, 3.8) is 0 Å². The van der Waals surface area contributed by atoms with E-state index in [2.05, 4.69) is 17.6 Å². The summed E-state index contributed by atoms with van der Waals surface area (Å²) in [6, 6.07) is 3.22. The van der Waals surface area contributed by atoms with Crippen molar-refractivity contribution >= 4 is 33.8 Å². The Balaban J connectivity index is 0.00000312. The van der Waals surface area contributed by atoms with Crippen molar-refractivity contribution in [2.45, 2.75) is 24.7 Å². The molecule has 1 aliphatic heterocycles. The number of hydrogen-bond acceptors (Lipinski definition) is 6. The number of carbonyl (C=O) groups excluding carboxylic acids is 1. The van der Waals surface area contributed by atoms with E-state index in [0.717, 1.165) is 44.3 Å². The third-order valence-corrected chi connectivity index (χ3v) is 5.37. The van der Waals surface area contributed by atoms with Gasteiger partial charge in [-0.2, -0.15) is 0 Å². The van der Waals surface area contributed by atoms with Gasteiger partial charge >= 0.3 is 0 Å². The summed E-state index contributed by atoms with van der Waals surface area (Å²) in [6.07, 6.45) is 2.78. The first-order valence-corrected chi connectivity index (χ1v) is 9.48. The second kappa shape index (κ2) is 8.11. The summed E-state index contributed by atoms with van der Waals surface area (Å²) >= 11 is 0. The molecule has 10 heteroatoms. The predicted octanol–water partition coefficient (Wildman–Crippen LogP) is 1.54. The van der Waals surface area contributed by atoms with Crippen molar-refractivity contribution in [2.24, 2.45) is 5.41 Å². The van der Waals surface area contributed by atoms with Crippen molar-refractivity contribution in [1.82, 2.24) is 10.6 Å². The molecule has 140 valence electrons. The van der Waals surface area contributed by atoms with E-state index in [1.54, 1.807) is 0 Å². The third kappa shape index (κ3) is 5.65. The largest absolute Gasteiger partial charge is 0.351 e. The molecule has 0 bridgehead atoms. The van der Waals surface area contributed by atoms with Crippen LogP contribution >= 0.6 is 12.4 Å². The van der Waals surface area contributed by atoms with Crippen LogP contribution in [0.4, 0.5) is 5.69 Å².